The van der Waals surface area contributed by atoms with Crippen LogP contribution < -0.4 is 15.5 Å². The summed E-state index contributed by atoms with van der Waals surface area (Å²) in [7, 11) is 0. The maximum atomic E-state index is 12.2. The molecular formula is C20H20BrN3O3. The number of ether oxygens (including phenoxy) is 1. The maximum absolute atomic E-state index is 12.2. The highest BCUT2D eigenvalue weighted by molar-refractivity contribution is 9.10. The van der Waals surface area contributed by atoms with Crippen molar-refractivity contribution < 1.29 is 14.3 Å². The molecule has 2 rings (SSSR count). The van der Waals surface area contributed by atoms with Crippen molar-refractivity contribution in [1.82, 2.24) is 10.7 Å². The van der Waals surface area contributed by atoms with E-state index in [1.165, 1.54) is 6.21 Å². The molecule has 2 amide bonds. The number of hydrogen-bond donors (Lipinski definition) is 2. The van der Waals surface area contributed by atoms with Crippen LogP contribution in [0.25, 0.3) is 0 Å². The Morgan fingerprint density at radius 1 is 1.22 bits per heavy atom. The number of carbonyl (C=O) groups excluding carboxylic acids is 2. The van der Waals surface area contributed by atoms with E-state index in [0.29, 0.717) is 28.0 Å². The summed E-state index contributed by atoms with van der Waals surface area (Å²) in [6, 6.07) is 13.5. The summed E-state index contributed by atoms with van der Waals surface area (Å²) in [5.41, 5.74) is 3.58. The molecule has 0 spiro atoms. The van der Waals surface area contributed by atoms with Crippen LogP contribution in [-0.4, -0.2) is 30.7 Å². The molecule has 140 valence electrons. The number of rotatable bonds is 8. The fraction of sp³-hybridized carbons (Fsp3) is 0.150. The third-order valence-corrected chi connectivity index (χ3v) is 4.20. The second-order valence-electron chi connectivity index (χ2n) is 5.55. The third-order valence-electron chi connectivity index (χ3n) is 3.51. The lowest BCUT2D eigenvalue weighted by Gasteiger charge is -2.13. The first kappa shape index (κ1) is 20.4. The molecule has 0 bridgehead atoms. The van der Waals surface area contributed by atoms with E-state index in [4.69, 9.17) is 4.74 Å². The van der Waals surface area contributed by atoms with Gasteiger partial charge >= 0.3 is 0 Å². The third kappa shape index (κ3) is 6.07. The average Bonchev–Trinajstić information content (AvgIpc) is 2.67. The van der Waals surface area contributed by atoms with E-state index >= 15 is 0 Å². The van der Waals surface area contributed by atoms with Crippen molar-refractivity contribution in [2.75, 3.05) is 6.61 Å². The van der Waals surface area contributed by atoms with E-state index < -0.39 is 11.9 Å². The first-order valence-electron chi connectivity index (χ1n) is 8.24. The number of benzene rings is 2. The number of amides is 2. The van der Waals surface area contributed by atoms with Gasteiger partial charge in [-0.05, 0) is 47.1 Å². The Balaban J connectivity index is 1.93. The molecule has 2 aromatic rings. The topological polar surface area (TPSA) is 79.8 Å². The van der Waals surface area contributed by atoms with E-state index in [2.05, 4.69) is 38.4 Å². The van der Waals surface area contributed by atoms with Crippen molar-refractivity contribution in [3.63, 3.8) is 0 Å². The summed E-state index contributed by atoms with van der Waals surface area (Å²) in [4.78, 5) is 24.4. The van der Waals surface area contributed by atoms with Crippen LogP contribution in [0.2, 0.25) is 0 Å². The molecule has 0 aliphatic heterocycles. The van der Waals surface area contributed by atoms with Crippen LogP contribution >= 0.6 is 15.9 Å². The van der Waals surface area contributed by atoms with Crippen LogP contribution in [0.3, 0.4) is 0 Å². The van der Waals surface area contributed by atoms with Gasteiger partial charge in [0, 0.05) is 10.0 Å². The van der Waals surface area contributed by atoms with E-state index in [1.807, 2.05) is 24.3 Å². The highest BCUT2D eigenvalue weighted by atomic mass is 79.9. The predicted octanol–water partition coefficient (Wildman–Crippen LogP) is 3.28. The minimum atomic E-state index is -0.756. The SMILES string of the molecule is C=CCOc1ccccc1C=NNC(=O)C(C)NC(=O)c1ccccc1Br. The molecule has 0 saturated carbocycles. The number of hydrogen-bond acceptors (Lipinski definition) is 4. The van der Waals surface area contributed by atoms with E-state index in [0.717, 1.165) is 0 Å². The first-order chi connectivity index (χ1) is 13.0. The van der Waals surface area contributed by atoms with Crippen LogP contribution in [0.1, 0.15) is 22.8 Å². The zero-order valence-electron chi connectivity index (χ0n) is 14.8. The van der Waals surface area contributed by atoms with Gasteiger partial charge in [-0.1, -0.05) is 36.9 Å². The number of carbonyl (C=O) groups is 2. The van der Waals surface area contributed by atoms with Gasteiger partial charge in [0.25, 0.3) is 11.8 Å². The zero-order chi connectivity index (χ0) is 19.6. The molecule has 0 saturated heterocycles. The monoisotopic (exact) mass is 429 g/mol. The van der Waals surface area contributed by atoms with Gasteiger partial charge in [0.05, 0.1) is 11.8 Å². The largest absolute Gasteiger partial charge is 0.489 e. The van der Waals surface area contributed by atoms with Crippen molar-refractivity contribution in [3.05, 3.63) is 76.8 Å². The molecule has 7 heteroatoms. The maximum Gasteiger partial charge on any atom is 0.262 e. The fourth-order valence-corrected chi connectivity index (χ4v) is 2.58. The Morgan fingerprint density at radius 2 is 1.93 bits per heavy atom. The van der Waals surface area contributed by atoms with Crippen molar-refractivity contribution >= 4 is 34.0 Å². The van der Waals surface area contributed by atoms with Crippen LogP contribution in [-0.2, 0) is 4.79 Å². The molecule has 0 aromatic heterocycles. The molecular weight excluding hydrogens is 410 g/mol. The molecule has 2 N–H and O–H groups in total. The van der Waals surface area contributed by atoms with Gasteiger partial charge in [-0.3, -0.25) is 9.59 Å². The number of halogens is 1. The molecule has 0 aliphatic rings. The minimum absolute atomic E-state index is 0.350. The Morgan fingerprint density at radius 3 is 2.67 bits per heavy atom. The lowest BCUT2D eigenvalue weighted by atomic mass is 10.2. The Hall–Kier alpha value is -2.93. The molecule has 1 unspecified atom stereocenters. The lowest BCUT2D eigenvalue weighted by molar-refractivity contribution is -0.122. The van der Waals surface area contributed by atoms with Crippen molar-refractivity contribution in [1.29, 1.82) is 0 Å². The highest BCUT2D eigenvalue weighted by Gasteiger charge is 2.17. The summed E-state index contributed by atoms with van der Waals surface area (Å²) in [5, 5.41) is 6.57. The van der Waals surface area contributed by atoms with Crippen LogP contribution in [0.15, 0.2) is 70.8 Å². The van der Waals surface area contributed by atoms with Gasteiger partial charge in [0.2, 0.25) is 0 Å². The van der Waals surface area contributed by atoms with Crippen molar-refractivity contribution in [2.24, 2.45) is 5.10 Å². The lowest BCUT2D eigenvalue weighted by Crippen LogP contribution is -2.43. The number of para-hydroxylation sites is 1. The smallest absolute Gasteiger partial charge is 0.262 e. The average molecular weight is 430 g/mol. The van der Waals surface area contributed by atoms with E-state index in [9.17, 15) is 9.59 Å². The van der Waals surface area contributed by atoms with E-state index in [-0.39, 0.29) is 5.91 Å². The molecule has 0 aliphatic carbocycles. The standard InChI is InChI=1S/C20H20BrN3O3/c1-3-12-27-18-11-7-4-8-15(18)13-22-24-19(25)14(2)23-20(26)16-9-5-6-10-17(16)21/h3-11,13-14H,1,12H2,2H3,(H,23,26)(H,24,25). The van der Waals surface area contributed by atoms with Gasteiger partial charge in [-0.25, -0.2) is 5.43 Å². The molecule has 0 heterocycles. The quantitative estimate of drug-likeness (QED) is 0.383. The zero-order valence-corrected chi connectivity index (χ0v) is 16.4. The second-order valence-corrected chi connectivity index (χ2v) is 6.40. The van der Waals surface area contributed by atoms with Crippen LogP contribution in [0.4, 0.5) is 0 Å². The van der Waals surface area contributed by atoms with Crippen molar-refractivity contribution in [3.8, 4) is 5.75 Å². The Kier molecular flexibility index (Phi) is 7.76. The summed E-state index contributed by atoms with van der Waals surface area (Å²) in [6.45, 7) is 5.56. The molecule has 27 heavy (non-hydrogen) atoms. The van der Waals surface area contributed by atoms with Gasteiger partial charge in [0.15, 0.2) is 0 Å². The number of hydrazone groups is 1. The van der Waals surface area contributed by atoms with Crippen LogP contribution in [0.5, 0.6) is 5.75 Å². The van der Waals surface area contributed by atoms with Crippen LogP contribution in [0, 0.1) is 0 Å². The molecule has 0 radical (unpaired) electrons. The van der Waals surface area contributed by atoms with Gasteiger partial charge in [-0.15, -0.1) is 0 Å². The van der Waals surface area contributed by atoms with Gasteiger partial charge < -0.3 is 10.1 Å². The number of nitrogens with one attached hydrogen (secondary N) is 2. The predicted molar refractivity (Wildman–Crippen MR) is 109 cm³/mol. The second kappa shape index (κ2) is 10.3. The summed E-state index contributed by atoms with van der Waals surface area (Å²) < 4.78 is 6.18. The Bertz CT molecular complexity index is 852. The molecule has 6 nitrogen and oxygen atoms in total. The fourth-order valence-electron chi connectivity index (χ4n) is 2.11. The Labute approximate surface area is 166 Å². The minimum Gasteiger partial charge on any atom is -0.489 e. The number of nitrogens with zero attached hydrogens (tertiary/aromatic N) is 1. The molecule has 1 atom stereocenters. The van der Waals surface area contributed by atoms with Gasteiger partial charge in [-0.2, -0.15) is 5.10 Å². The van der Waals surface area contributed by atoms with Crippen molar-refractivity contribution in [2.45, 2.75) is 13.0 Å². The summed E-state index contributed by atoms with van der Waals surface area (Å²) in [6.07, 6.45) is 3.13. The molecule has 2 aromatic carbocycles. The summed E-state index contributed by atoms with van der Waals surface area (Å²) >= 11 is 3.31. The van der Waals surface area contributed by atoms with E-state index in [1.54, 1.807) is 37.3 Å². The highest BCUT2D eigenvalue weighted by Crippen LogP contribution is 2.16. The van der Waals surface area contributed by atoms with Gasteiger partial charge in [0.1, 0.15) is 18.4 Å². The summed E-state index contributed by atoms with van der Waals surface area (Å²) in [5.74, 6) is -0.154. The molecule has 0 fully saturated rings. The first-order valence-corrected chi connectivity index (χ1v) is 9.03. The normalized spacial score (nSPS) is 11.6.